The molecule has 0 aliphatic carbocycles. The number of hydrogen-bond acceptors (Lipinski definition) is 8. The number of carbonyl (C=O) groups is 3. The van der Waals surface area contributed by atoms with E-state index in [0.29, 0.717) is 25.2 Å². The Kier molecular flexibility index (Phi) is 7.65. The molecule has 0 radical (unpaired) electrons. The lowest BCUT2D eigenvalue weighted by atomic mass is 10.0. The van der Waals surface area contributed by atoms with Gasteiger partial charge >= 0.3 is 12.0 Å². The van der Waals surface area contributed by atoms with Gasteiger partial charge in [0.1, 0.15) is 11.7 Å². The molecule has 146 valence electrons. The van der Waals surface area contributed by atoms with Crippen molar-refractivity contribution in [2.45, 2.75) is 50.7 Å². The van der Waals surface area contributed by atoms with Crippen molar-refractivity contribution in [1.82, 2.24) is 20.5 Å². The minimum absolute atomic E-state index is 0.174. The van der Waals surface area contributed by atoms with Crippen molar-refractivity contribution < 1.29 is 19.1 Å². The molecule has 0 fully saturated rings. The van der Waals surface area contributed by atoms with Crippen LogP contribution in [-0.4, -0.2) is 57.1 Å². The van der Waals surface area contributed by atoms with Crippen molar-refractivity contribution in [2.24, 2.45) is 4.99 Å². The van der Waals surface area contributed by atoms with Gasteiger partial charge in [0.05, 0.1) is 12.3 Å². The van der Waals surface area contributed by atoms with Crippen LogP contribution in [0.25, 0.3) is 0 Å². The second-order valence-corrected chi connectivity index (χ2v) is 6.76. The number of rotatable bonds is 10. The Hall–Kier alpha value is -2.56. The molecule has 1 aromatic heterocycles. The van der Waals surface area contributed by atoms with Gasteiger partial charge in [-0.05, 0) is 26.7 Å². The first kappa shape index (κ1) is 20.7. The average Bonchev–Trinajstić information content (AvgIpc) is 3.00. The monoisotopic (exact) mass is 395 g/mol. The highest BCUT2D eigenvalue weighted by atomic mass is 32.2. The van der Waals surface area contributed by atoms with Crippen LogP contribution in [-0.2, 0) is 14.3 Å². The van der Waals surface area contributed by atoms with Gasteiger partial charge in [-0.25, -0.2) is 4.79 Å². The summed E-state index contributed by atoms with van der Waals surface area (Å²) in [4.78, 5) is 53.2. The molecule has 27 heavy (non-hydrogen) atoms. The third-order valence-corrected chi connectivity index (χ3v) is 4.62. The first-order valence-corrected chi connectivity index (χ1v) is 9.52. The molecule has 0 saturated carbocycles. The summed E-state index contributed by atoms with van der Waals surface area (Å²) in [5, 5.41) is 10.4. The van der Waals surface area contributed by atoms with Crippen molar-refractivity contribution in [3.63, 3.8) is 0 Å². The molecule has 1 aliphatic rings. The van der Waals surface area contributed by atoms with E-state index in [1.165, 1.54) is 0 Å². The van der Waals surface area contributed by atoms with Gasteiger partial charge in [-0.15, -0.1) is 10.2 Å². The van der Waals surface area contributed by atoms with Gasteiger partial charge in [0.2, 0.25) is 0 Å². The highest BCUT2D eigenvalue weighted by Crippen LogP contribution is 2.16. The first-order chi connectivity index (χ1) is 12.9. The molecular weight excluding hydrogens is 374 g/mol. The predicted octanol–water partition coefficient (Wildman–Crippen LogP) is 0.791. The summed E-state index contributed by atoms with van der Waals surface area (Å²) >= 11 is 1.14. The number of aryl methyl sites for hydroxylation is 1. The predicted molar refractivity (Wildman–Crippen MR) is 98.0 cm³/mol. The van der Waals surface area contributed by atoms with E-state index in [1.807, 2.05) is 0 Å². The molecular formula is C16H21N5O5S. The lowest BCUT2D eigenvalue weighted by Crippen LogP contribution is -2.40. The number of aromatic nitrogens is 3. The Labute approximate surface area is 159 Å². The Bertz CT molecular complexity index is 807. The van der Waals surface area contributed by atoms with E-state index in [0.717, 1.165) is 11.8 Å². The molecule has 11 heteroatoms. The van der Waals surface area contributed by atoms with Gasteiger partial charge in [-0.3, -0.25) is 19.4 Å². The van der Waals surface area contributed by atoms with Crippen LogP contribution >= 0.6 is 11.8 Å². The third-order valence-electron chi connectivity index (χ3n) is 3.72. The minimum Gasteiger partial charge on any atom is -0.466 e. The first-order valence-electron chi connectivity index (χ1n) is 8.53. The molecule has 1 atom stereocenters. The minimum atomic E-state index is -0.794. The number of ketones is 1. The number of hydrogen-bond donors (Lipinski definition) is 2. The lowest BCUT2D eigenvalue weighted by molar-refractivity contribution is -0.143. The second kappa shape index (κ2) is 9.95. The molecule has 10 nitrogen and oxygen atoms in total. The maximum absolute atomic E-state index is 12.4. The molecule has 2 N–H and O–H groups in total. The van der Waals surface area contributed by atoms with Crippen LogP contribution in [0.5, 0.6) is 0 Å². The number of ether oxygens (including phenoxy) is 1. The van der Waals surface area contributed by atoms with E-state index < -0.39 is 12.1 Å². The average molecular weight is 395 g/mol. The fourth-order valence-corrected chi connectivity index (χ4v) is 3.13. The van der Waals surface area contributed by atoms with Crippen LogP contribution < -0.4 is 10.9 Å². The van der Waals surface area contributed by atoms with E-state index in [9.17, 15) is 19.2 Å². The number of aliphatic imine (C=N–C) groups is 1. The summed E-state index contributed by atoms with van der Waals surface area (Å²) in [6.07, 6.45) is 1.53. The van der Waals surface area contributed by atoms with E-state index in [2.05, 4.69) is 25.5 Å². The summed E-state index contributed by atoms with van der Waals surface area (Å²) in [5.41, 5.74) is 0.290. The number of carbonyl (C=O) groups excluding carboxylic acids is 3. The van der Waals surface area contributed by atoms with Crippen LogP contribution in [0.3, 0.4) is 0 Å². The van der Waals surface area contributed by atoms with E-state index in [1.54, 1.807) is 13.8 Å². The fraction of sp³-hybridized carbons (Fsp3) is 0.562. The summed E-state index contributed by atoms with van der Waals surface area (Å²) < 4.78 is 4.83. The van der Waals surface area contributed by atoms with Gasteiger partial charge < -0.3 is 10.1 Å². The van der Waals surface area contributed by atoms with E-state index in [4.69, 9.17) is 4.74 Å². The number of urea groups is 1. The van der Waals surface area contributed by atoms with Gasteiger partial charge in [0.15, 0.2) is 10.9 Å². The molecule has 0 spiro atoms. The highest BCUT2D eigenvalue weighted by molar-refractivity contribution is 7.99. The number of unbranched alkanes of at least 4 members (excludes halogenated alkanes) is 1. The summed E-state index contributed by atoms with van der Waals surface area (Å²) in [5.74, 6) is -0.246. The number of nitrogens with one attached hydrogen (secondary N) is 2. The van der Waals surface area contributed by atoms with Crippen LogP contribution in [0.4, 0.5) is 4.79 Å². The smallest absolute Gasteiger partial charge is 0.341 e. The largest absolute Gasteiger partial charge is 0.466 e. The molecule has 2 heterocycles. The lowest BCUT2D eigenvalue weighted by Gasteiger charge is -2.11. The van der Waals surface area contributed by atoms with Crippen molar-refractivity contribution in [3.05, 3.63) is 16.0 Å². The number of amides is 2. The van der Waals surface area contributed by atoms with Crippen LogP contribution in [0.2, 0.25) is 0 Å². The molecule has 1 aromatic rings. The number of esters is 1. The summed E-state index contributed by atoms with van der Waals surface area (Å²) in [7, 11) is 0. The zero-order chi connectivity index (χ0) is 19.8. The molecule has 2 rings (SSSR count). The van der Waals surface area contributed by atoms with Gasteiger partial charge in [-0.2, -0.15) is 4.99 Å². The van der Waals surface area contributed by atoms with E-state index >= 15 is 0 Å². The summed E-state index contributed by atoms with van der Waals surface area (Å²) in [6, 6.07) is -1.36. The third kappa shape index (κ3) is 6.27. The maximum atomic E-state index is 12.4. The maximum Gasteiger partial charge on any atom is 0.341 e. The van der Waals surface area contributed by atoms with Gasteiger partial charge in [0, 0.05) is 18.6 Å². The second-order valence-electron chi connectivity index (χ2n) is 5.80. The number of aromatic amines is 1. The zero-order valence-electron chi connectivity index (χ0n) is 15.1. The number of nitrogens with zero attached hydrogens (tertiary/aromatic N) is 3. The van der Waals surface area contributed by atoms with Crippen molar-refractivity contribution in [2.75, 3.05) is 12.4 Å². The topological polar surface area (TPSA) is 143 Å². The molecule has 1 aliphatic heterocycles. The SMILES string of the molecule is CCOC(=O)CCCCC(=O)C1NC(=O)N=C1CSc1nnc(C)c(=O)[nH]1. The standard InChI is InChI=1S/C16H21N5O5S/c1-3-26-12(23)7-5-4-6-11(22)13-10(17-15(25)18-13)8-27-16-19-14(24)9(2)20-21-16/h13H,3-8H2,1-2H3,(H,18,25)(H,19,21,24). The molecule has 0 saturated heterocycles. The van der Waals surface area contributed by atoms with Crippen molar-refractivity contribution in [3.8, 4) is 0 Å². The Balaban J connectivity index is 1.84. The molecule has 2 amide bonds. The number of thioether (sulfide) groups is 1. The van der Waals surface area contributed by atoms with Crippen LogP contribution in [0.1, 0.15) is 38.3 Å². The molecule has 0 bridgehead atoms. The van der Waals surface area contributed by atoms with Crippen LogP contribution in [0.15, 0.2) is 14.9 Å². The Morgan fingerprint density at radius 3 is 2.63 bits per heavy atom. The van der Waals surface area contributed by atoms with E-state index in [-0.39, 0.29) is 46.8 Å². The highest BCUT2D eigenvalue weighted by Gasteiger charge is 2.31. The molecule has 0 aromatic carbocycles. The fourth-order valence-electron chi connectivity index (χ4n) is 2.35. The Morgan fingerprint density at radius 1 is 1.19 bits per heavy atom. The zero-order valence-corrected chi connectivity index (χ0v) is 15.9. The quantitative estimate of drug-likeness (QED) is 0.336. The Morgan fingerprint density at radius 2 is 1.93 bits per heavy atom. The van der Waals surface area contributed by atoms with Crippen molar-refractivity contribution >= 4 is 35.3 Å². The van der Waals surface area contributed by atoms with Gasteiger partial charge in [-0.1, -0.05) is 11.8 Å². The van der Waals surface area contributed by atoms with Crippen molar-refractivity contribution in [1.29, 1.82) is 0 Å². The van der Waals surface area contributed by atoms with Crippen LogP contribution in [0, 0.1) is 6.92 Å². The summed E-state index contributed by atoms with van der Waals surface area (Å²) in [6.45, 7) is 3.61. The number of H-pyrrole nitrogens is 1. The normalized spacial score (nSPS) is 16.0. The number of Topliss-reactive ketones (excluding diaryl/α,β-unsaturated/α-hetero) is 1. The van der Waals surface area contributed by atoms with Gasteiger partial charge in [0.25, 0.3) is 5.56 Å². The molecule has 1 unspecified atom stereocenters.